The Hall–Kier alpha value is -1.16. The molecule has 2 rings (SSSR count). The summed E-state index contributed by atoms with van der Waals surface area (Å²) >= 11 is 11.9. The van der Waals surface area contributed by atoms with Gasteiger partial charge in [0, 0.05) is 22.0 Å². The molecule has 0 fully saturated rings. The summed E-state index contributed by atoms with van der Waals surface area (Å²) in [5, 5.41) is 10.8. The summed E-state index contributed by atoms with van der Waals surface area (Å²) in [5.74, 6) is -2.06. The molecule has 0 aliphatic heterocycles. The van der Waals surface area contributed by atoms with Crippen molar-refractivity contribution in [1.29, 1.82) is 0 Å². The fourth-order valence-corrected chi connectivity index (χ4v) is 2.36. The van der Waals surface area contributed by atoms with E-state index in [-0.39, 0.29) is 12.0 Å². The molecule has 0 bridgehead atoms. The molecule has 0 spiro atoms. The normalized spacial score (nSPS) is 12.5. The molecule has 1 nitrogen and oxygen atoms in total. The Balaban J connectivity index is 2.31. The van der Waals surface area contributed by atoms with Crippen molar-refractivity contribution in [2.75, 3.05) is 0 Å². The largest absolute Gasteiger partial charge is 0.388 e. The van der Waals surface area contributed by atoms with Crippen molar-refractivity contribution in [2.45, 2.75) is 12.5 Å². The van der Waals surface area contributed by atoms with E-state index >= 15 is 0 Å². The summed E-state index contributed by atoms with van der Waals surface area (Å²) in [6, 6.07) is 8.57. The molecular formula is C14H10Cl2F2O. The Morgan fingerprint density at radius 1 is 1.00 bits per heavy atom. The standard InChI is InChI=1S/C14H10Cl2F2O/c15-10-4-2-5-11(16)9(10)7-13(19)8-3-1-6-12(17)14(8)18/h1-6,13,19H,7H2. The van der Waals surface area contributed by atoms with E-state index in [2.05, 4.69) is 0 Å². The van der Waals surface area contributed by atoms with Gasteiger partial charge in [0.1, 0.15) is 0 Å². The lowest BCUT2D eigenvalue weighted by Gasteiger charge is -2.14. The topological polar surface area (TPSA) is 20.2 Å². The summed E-state index contributed by atoms with van der Waals surface area (Å²) in [4.78, 5) is 0. The number of benzene rings is 2. The number of hydrogen-bond acceptors (Lipinski definition) is 1. The molecule has 1 unspecified atom stereocenters. The van der Waals surface area contributed by atoms with Gasteiger partial charge in [-0.25, -0.2) is 8.78 Å². The summed E-state index contributed by atoms with van der Waals surface area (Å²) in [6.07, 6.45) is -1.20. The highest BCUT2D eigenvalue weighted by Crippen LogP contribution is 2.30. The van der Waals surface area contributed by atoms with E-state index in [1.54, 1.807) is 18.2 Å². The molecule has 1 atom stereocenters. The van der Waals surface area contributed by atoms with Crippen LogP contribution in [0.2, 0.25) is 10.0 Å². The van der Waals surface area contributed by atoms with E-state index in [1.807, 2.05) is 0 Å². The van der Waals surface area contributed by atoms with Crippen LogP contribution in [-0.4, -0.2) is 5.11 Å². The van der Waals surface area contributed by atoms with Crippen molar-refractivity contribution in [3.05, 3.63) is 69.2 Å². The lowest BCUT2D eigenvalue weighted by molar-refractivity contribution is 0.172. The van der Waals surface area contributed by atoms with Gasteiger partial charge in [0.25, 0.3) is 0 Å². The van der Waals surface area contributed by atoms with Crippen molar-refractivity contribution in [1.82, 2.24) is 0 Å². The Morgan fingerprint density at radius 3 is 2.21 bits per heavy atom. The van der Waals surface area contributed by atoms with Gasteiger partial charge < -0.3 is 5.11 Å². The van der Waals surface area contributed by atoms with Gasteiger partial charge in [0.05, 0.1) is 6.10 Å². The fourth-order valence-electron chi connectivity index (χ4n) is 1.81. The molecule has 0 amide bonds. The molecule has 2 aromatic carbocycles. The second-order valence-corrected chi connectivity index (χ2v) is 4.88. The minimum absolute atomic E-state index is 0.0128. The third kappa shape index (κ3) is 3.06. The third-order valence-corrected chi connectivity index (χ3v) is 3.51. The van der Waals surface area contributed by atoms with E-state index in [0.717, 1.165) is 6.07 Å². The molecule has 5 heteroatoms. The van der Waals surface area contributed by atoms with Crippen molar-refractivity contribution < 1.29 is 13.9 Å². The van der Waals surface area contributed by atoms with Gasteiger partial charge in [0.2, 0.25) is 0 Å². The molecule has 0 saturated carbocycles. The summed E-state index contributed by atoms with van der Waals surface area (Å²) in [5.41, 5.74) is 0.387. The Bertz CT molecular complexity index is 582. The molecule has 0 aliphatic rings. The van der Waals surface area contributed by atoms with Crippen LogP contribution in [0, 0.1) is 11.6 Å². The van der Waals surface area contributed by atoms with Crippen LogP contribution in [0.25, 0.3) is 0 Å². The zero-order valence-corrected chi connectivity index (χ0v) is 11.2. The number of aliphatic hydroxyl groups excluding tert-OH is 1. The van der Waals surface area contributed by atoms with Gasteiger partial charge in [-0.15, -0.1) is 0 Å². The molecule has 2 aromatic rings. The fraction of sp³-hybridized carbons (Fsp3) is 0.143. The van der Waals surface area contributed by atoms with Gasteiger partial charge in [-0.2, -0.15) is 0 Å². The van der Waals surface area contributed by atoms with Gasteiger partial charge in [-0.3, -0.25) is 0 Å². The smallest absolute Gasteiger partial charge is 0.164 e. The minimum atomic E-state index is -1.21. The Kier molecular flexibility index (Phi) is 4.40. The highest BCUT2D eigenvalue weighted by atomic mass is 35.5. The maximum atomic E-state index is 13.6. The van der Waals surface area contributed by atoms with Crippen LogP contribution in [0.4, 0.5) is 8.78 Å². The lowest BCUT2D eigenvalue weighted by Crippen LogP contribution is -2.06. The van der Waals surface area contributed by atoms with E-state index in [4.69, 9.17) is 23.2 Å². The van der Waals surface area contributed by atoms with Gasteiger partial charge >= 0.3 is 0 Å². The zero-order chi connectivity index (χ0) is 14.0. The van der Waals surface area contributed by atoms with Crippen molar-refractivity contribution >= 4 is 23.2 Å². The SMILES string of the molecule is OC(Cc1c(Cl)cccc1Cl)c1cccc(F)c1F. The third-order valence-electron chi connectivity index (χ3n) is 2.80. The lowest BCUT2D eigenvalue weighted by atomic mass is 10.0. The van der Waals surface area contributed by atoms with Crippen molar-refractivity contribution in [3.8, 4) is 0 Å². The monoisotopic (exact) mass is 302 g/mol. The predicted octanol–water partition coefficient (Wildman–Crippen LogP) is 4.55. The number of hydrogen-bond donors (Lipinski definition) is 1. The van der Waals surface area contributed by atoms with Crippen LogP contribution in [-0.2, 0) is 6.42 Å². The molecule has 19 heavy (non-hydrogen) atoms. The number of aliphatic hydroxyl groups is 1. The highest BCUT2D eigenvalue weighted by Gasteiger charge is 2.18. The highest BCUT2D eigenvalue weighted by molar-refractivity contribution is 6.35. The average molecular weight is 303 g/mol. The molecule has 1 N–H and O–H groups in total. The predicted molar refractivity (Wildman–Crippen MR) is 71.5 cm³/mol. The first-order valence-electron chi connectivity index (χ1n) is 5.55. The van der Waals surface area contributed by atoms with Crippen molar-refractivity contribution in [2.24, 2.45) is 0 Å². The average Bonchev–Trinajstić information content (AvgIpc) is 2.37. The second-order valence-electron chi connectivity index (χ2n) is 4.06. The van der Waals surface area contributed by atoms with E-state index < -0.39 is 17.7 Å². The Morgan fingerprint density at radius 2 is 1.58 bits per heavy atom. The number of rotatable bonds is 3. The molecule has 0 saturated heterocycles. The Labute approximate surface area is 119 Å². The summed E-state index contributed by atoms with van der Waals surface area (Å²) < 4.78 is 26.7. The van der Waals surface area contributed by atoms with Crippen molar-refractivity contribution in [3.63, 3.8) is 0 Å². The van der Waals surface area contributed by atoms with Crippen LogP contribution in [0.3, 0.4) is 0 Å². The van der Waals surface area contributed by atoms with Crippen LogP contribution in [0.1, 0.15) is 17.2 Å². The van der Waals surface area contributed by atoms with E-state index in [1.165, 1.54) is 12.1 Å². The second kappa shape index (κ2) is 5.87. The molecule has 0 aliphatic carbocycles. The summed E-state index contributed by atoms with van der Waals surface area (Å²) in [7, 11) is 0. The van der Waals surface area contributed by atoms with Crippen LogP contribution in [0.5, 0.6) is 0 Å². The molecule has 0 heterocycles. The molecule has 0 radical (unpaired) electrons. The minimum Gasteiger partial charge on any atom is -0.388 e. The quantitative estimate of drug-likeness (QED) is 0.882. The molecular weight excluding hydrogens is 293 g/mol. The first kappa shape index (κ1) is 14.3. The van der Waals surface area contributed by atoms with Crippen LogP contribution >= 0.6 is 23.2 Å². The van der Waals surface area contributed by atoms with Gasteiger partial charge in [0.15, 0.2) is 11.6 Å². The van der Waals surface area contributed by atoms with Crippen LogP contribution in [0.15, 0.2) is 36.4 Å². The molecule has 100 valence electrons. The first-order valence-corrected chi connectivity index (χ1v) is 6.31. The summed E-state index contributed by atoms with van der Waals surface area (Å²) in [6.45, 7) is 0. The van der Waals surface area contributed by atoms with Gasteiger partial charge in [-0.1, -0.05) is 41.4 Å². The van der Waals surface area contributed by atoms with Crippen LogP contribution < -0.4 is 0 Å². The van der Waals surface area contributed by atoms with E-state index in [0.29, 0.717) is 15.6 Å². The zero-order valence-electron chi connectivity index (χ0n) is 9.71. The van der Waals surface area contributed by atoms with Gasteiger partial charge in [-0.05, 0) is 23.8 Å². The molecule has 0 aromatic heterocycles. The first-order chi connectivity index (χ1) is 9.00. The maximum Gasteiger partial charge on any atom is 0.164 e. The van der Waals surface area contributed by atoms with E-state index in [9.17, 15) is 13.9 Å². The maximum absolute atomic E-state index is 13.6. The number of halogens is 4.